The van der Waals surface area contributed by atoms with Gasteiger partial charge < -0.3 is 4.98 Å². The second-order valence-electron chi connectivity index (χ2n) is 12.2. The normalized spacial score (nSPS) is 12.0. The Morgan fingerprint density at radius 1 is 0.660 bits per heavy atom. The molecule has 0 spiro atoms. The lowest BCUT2D eigenvalue weighted by Gasteiger charge is -2.14. The van der Waals surface area contributed by atoms with Crippen LogP contribution in [-0.2, 0) is 6.18 Å². The minimum absolute atomic E-state index is 0.147. The van der Waals surface area contributed by atoms with E-state index in [2.05, 4.69) is 68.2 Å². The minimum atomic E-state index is -4.52. The van der Waals surface area contributed by atoms with Crippen molar-refractivity contribution in [3.63, 3.8) is 0 Å². The number of aryl methyl sites for hydroxylation is 3. The van der Waals surface area contributed by atoms with E-state index >= 15 is 0 Å². The Bertz CT molecular complexity index is 2460. The van der Waals surface area contributed by atoms with Crippen LogP contribution in [0.15, 0.2) is 121 Å². The Balaban J connectivity index is 1.42. The summed E-state index contributed by atoms with van der Waals surface area (Å²) < 4.78 is 45.2. The summed E-state index contributed by atoms with van der Waals surface area (Å²) in [6, 6.07) is 38.7. The van der Waals surface area contributed by atoms with Crippen LogP contribution in [0, 0.1) is 20.8 Å². The van der Waals surface area contributed by atoms with Crippen molar-refractivity contribution < 1.29 is 13.2 Å². The smallest absolute Gasteiger partial charge is 0.354 e. The van der Waals surface area contributed by atoms with Crippen LogP contribution in [0.3, 0.4) is 0 Å². The molecule has 0 saturated carbocycles. The number of nitrogens with zero attached hydrogens (tertiary/aromatic N) is 2. The average Bonchev–Trinajstić information content (AvgIpc) is 3.63. The molecule has 6 heteroatoms. The average molecular weight is 622 g/mol. The monoisotopic (exact) mass is 621 g/mol. The molecule has 47 heavy (non-hydrogen) atoms. The number of alkyl halides is 3. The molecule has 0 amide bonds. The zero-order chi connectivity index (χ0) is 32.4. The molecule has 0 fully saturated rings. The molecular formula is C41H30F3N3. The summed E-state index contributed by atoms with van der Waals surface area (Å²) in [5, 5.41) is 0.673. The fraction of sp³-hybridized carbons (Fsp3) is 0.0976. The van der Waals surface area contributed by atoms with Crippen LogP contribution in [0.2, 0.25) is 0 Å². The van der Waals surface area contributed by atoms with Crippen molar-refractivity contribution >= 4 is 32.8 Å². The van der Waals surface area contributed by atoms with Gasteiger partial charge in [0.05, 0.1) is 22.1 Å². The van der Waals surface area contributed by atoms with E-state index < -0.39 is 11.7 Å². The van der Waals surface area contributed by atoms with E-state index in [9.17, 15) is 13.2 Å². The van der Waals surface area contributed by atoms with E-state index in [0.29, 0.717) is 27.8 Å². The second-order valence-corrected chi connectivity index (χ2v) is 12.2. The third kappa shape index (κ3) is 4.71. The fourth-order valence-corrected chi connectivity index (χ4v) is 7.21. The fourth-order valence-electron chi connectivity index (χ4n) is 7.21. The van der Waals surface area contributed by atoms with E-state index in [1.165, 1.54) is 28.3 Å². The molecule has 0 atom stereocenters. The number of aromatic nitrogens is 3. The van der Waals surface area contributed by atoms with Gasteiger partial charge in [-0.3, -0.25) is 4.57 Å². The Morgan fingerprint density at radius 3 is 2.13 bits per heavy atom. The summed E-state index contributed by atoms with van der Waals surface area (Å²) in [5.74, 6) is 0.560. The van der Waals surface area contributed by atoms with Gasteiger partial charge >= 0.3 is 6.18 Å². The van der Waals surface area contributed by atoms with Gasteiger partial charge in [0.25, 0.3) is 0 Å². The number of imidazole rings is 1. The lowest BCUT2D eigenvalue weighted by Crippen LogP contribution is -2.06. The van der Waals surface area contributed by atoms with E-state index in [1.807, 2.05) is 59.2 Å². The predicted octanol–water partition coefficient (Wildman–Crippen LogP) is 11.6. The number of benzene rings is 6. The second kappa shape index (κ2) is 10.7. The highest BCUT2D eigenvalue weighted by Crippen LogP contribution is 2.44. The quantitative estimate of drug-likeness (QED) is 0.208. The Labute approximate surface area is 270 Å². The van der Waals surface area contributed by atoms with Crippen molar-refractivity contribution in [1.29, 1.82) is 0 Å². The number of hydrogen-bond donors (Lipinski definition) is 1. The molecule has 0 bridgehead atoms. The number of para-hydroxylation sites is 3. The van der Waals surface area contributed by atoms with Gasteiger partial charge in [-0.15, -0.1) is 0 Å². The Kier molecular flexibility index (Phi) is 6.58. The molecular weight excluding hydrogens is 591 g/mol. The third-order valence-electron chi connectivity index (χ3n) is 9.05. The van der Waals surface area contributed by atoms with Gasteiger partial charge in [0, 0.05) is 33.1 Å². The van der Waals surface area contributed by atoms with Crippen molar-refractivity contribution in [2.45, 2.75) is 26.9 Å². The van der Waals surface area contributed by atoms with Crippen molar-refractivity contribution in [3.05, 3.63) is 144 Å². The van der Waals surface area contributed by atoms with Crippen molar-refractivity contribution in [1.82, 2.24) is 14.5 Å². The molecule has 0 unspecified atom stereocenters. The molecule has 230 valence electrons. The van der Waals surface area contributed by atoms with Crippen molar-refractivity contribution in [3.8, 4) is 39.3 Å². The maximum Gasteiger partial charge on any atom is 0.417 e. The van der Waals surface area contributed by atoms with Crippen LogP contribution in [0.5, 0.6) is 0 Å². The van der Waals surface area contributed by atoms with Gasteiger partial charge in [-0.2, -0.15) is 13.2 Å². The molecule has 1 N–H and O–H groups in total. The van der Waals surface area contributed by atoms with E-state index in [4.69, 9.17) is 4.98 Å². The van der Waals surface area contributed by atoms with Crippen LogP contribution < -0.4 is 0 Å². The summed E-state index contributed by atoms with van der Waals surface area (Å²) in [6.07, 6.45) is -4.52. The number of hydrogen-bond acceptors (Lipinski definition) is 1. The molecule has 0 aliphatic rings. The van der Waals surface area contributed by atoms with Crippen molar-refractivity contribution in [2.75, 3.05) is 0 Å². The molecule has 0 aliphatic heterocycles. The first-order valence-corrected chi connectivity index (χ1v) is 15.6. The first kappa shape index (κ1) is 28.8. The molecule has 8 rings (SSSR count). The summed E-state index contributed by atoms with van der Waals surface area (Å²) in [4.78, 5) is 8.57. The largest absolute Gasteiger partial charge is 0.417 e. The molecule has 3 nitrogen and oxygen atoms in total. The summed E-state index contributed by atoms with van der Waals surface area (Å²) >= 11 is 0. The van der Waals surface area contributed by atoms with E-state index in [1.54, 1.807) is 18.2 Å². The molecule has 0 aliphatic carbocycles. The van der Waals surface area contributed by atoms with E-state index in [-0.39, 0.29) is 5.39 Å². The van der Waals surface area contributed by atoms with E-state index in [0.717, 1.165) is 33.4 Å². The zero-order valence-electron chi connectivity index (χ0n) is 26.1. The predicted molar refractivity (Wildman–Crippen MR) is 186 cm³/mol. The van der Waals surface area contributed by atoms with Gasteiger partial charge in [-0.1, -0.05) is 84.4 Å². The number of rotatable bonds is 4. The third-order valence-corrected chi connectivity index (χ3v) is 9.05. The number of nitrogens with one attached hydrogen (secondary N) is 1. The first-order valence-electron chi connectivity index (χ1n) is 15.6. The molecule has 6 aromatic carbocycles. The maximum absolute atomic E-state index is 14.4. The van der Waals surface area contributed by atoms with Crippen LogP contribution >= 0.6 is 0 Å². The Morgan fingerprint density at radius 2 is 1.36 bits per heavy atom. The van der Waals surface area contributed by atoms with Crippen LogP contribution in [0.25, 0.3) is 72.2 Å². The van der Waals surface area contributed by atoms with Gasteiger partial charge in [0.2, 0.25) is 0 Å². The molecule has 0 saturated heterocycles. The highest BCUT2D eigenvalue weighted by molar-refractivity contribution is 6.14. The molecule has 2 aromatic heterocycles. The first-order chi connectivity index (χ1) is 22.7. The topological polar surface area (TPSA) is 33.6 Å². The molecule has 0 radical (unpaired) electrons. The number of fused-ring (bicyclic) bond motifs is 4. The van der Waals surface area contributed by atoms with Gasteiger partial charge in [-0.25, -0.2) is 4.98 Å². The highest BCUT2D eigenvalue weighted by atomic mass is 19.4. The maximum atomic E-state index is 14.4. The van der Waals surface area contributed by atoms with Crippen LogP contribution in [0.4, 0.5) is 13.2 Å². The van der Waals surface area contributed by atoms with Crippen LogP contribution in [0.1, 0.15) is 22.3 Å². The molecule has 8 aromatic rings. The minimum Gasteiger partial charge on any atom is -0.354 e. The van der Waals surface area contributed by atoms with Gasteiger partial charge in [0.15, 0.2) is 0 Å². The molecule has 2 heterocycles. The van der Waals surface area contributed by atoms with Crippen LogP contribution in [-0.4, -0.2) is 14.5 Å². The summed E-state index contributed by atoms with van der Waals surface area (Å²) in [5.41, 5.74) is 11.4. The highest BCUT2D eigenvalue weighted by Gasteiger charge is 2.35. The summed E-state index contributed by atoms with van der Waals surface area (Å²) in [6.45, 7) is 6.40. The SMILES string of the molecule is Cc1cc(C)c(-c2cccc(-c3cccc4c3nc(-c3ccc(C(F)(F)F)c5c3[nH]c3ccccc35)n4-c3ccccc3)c2)c(C)c1. The standard InChI is InChI=1S/C41H30F3N3/c1-24-21-25(2)36(26(3)22-24)28-12-9-11-27(23-28)30-16-10-18-35-38(30)46-40(47(35)29-13-5-4-6-14-29)32-19-20-33(41(42,43)44)37-31-15-7-8-17-34(31)45-39(32)37/h4-23,45H,1-3H3. The number of aromatic amines is 1. The van der Waals surface area contributed by atoms with Gasteiger partial charge in [-0.05, 0) is 91.1 Å². The lowest BCUT2D eigenvalue weighted by molar-refractivity contribution is -0.136. The summed E-state index contributed by atoms with van der Waals surface area (Å²) in [7, 11) is 0. The number of halogens is 3. The zero-order valence-corrected chi connectivity index (χ0v) is 26.1. The van der Waals surface area contributed by atoms with Gasteiger partial charge in [0.1, 0.15) is 5.82 Å². The lowest BCUT2D eigenvalue weighted by atomic mass is 9.91. The van der Waals surface area contributed by atoms with Crippen molar-refractivity contribution in [2.24, 2.45) is 0 Å². The Hall–Kier alpha value is -5.62. The number of H-pyrrole nitrogens is 1.